The monoisotopic (exact) mass is 344 g/mol. The Labute approximate surface area is 140 Å². The van der Waals surface area contributed by atoms with Crippen LogP contribution in [0, 0.1) is 0 Å². The van der Waals surface area contributed by atoms with E-state index in [9.17, 15) is 9.59 Å². The van der Waals surface area contributed by atoms with Crippen molar-refractivity contribution in [3.05, 3.63) is 18.2 Å². The van der Waals surface area contributed by atoms with Gasteiger partial charge in [-0.1, -0.05) is 0 Å². The van der Waals surface area contributed by atoms with Gasteiger partial charge in [0.2, 0.25) is 0 Å². The largest absolute Gasteiger partial charge is 0.494 e. The maximum atomic E-state index is 12.1. The lowest BCUT2D eigenvalue weighted by Crippen LogP contribution is -2.29. The molecule has 1 aromatic carbocycles. The molecule has 2 atom stereocenters. The molecular weight excluding hydrogens is 324 g/mol. The minimum atomic E-state index is -0.692. The Hall–Kier alpha value is -2.03. The number of urea groups is 1. The Bertz CT molecular complexity index is 570. The van der Waals surface area contributed by atoms with E-state index in [4.69, 9.17) is 20.9 Å². The summed E-state index contributed by atoms with van der Waals surface area (Å²) in [7, 11) is 1.46. The third-order valence-corrected chi connectivity index (χ3v) is 3.39. The number of ether oxygens (including phenoxy) is 2. The van der Waals surface area contributed by atoms with Crippen LogP contribution < -0.4 is 26.8 Å². The van der Waals surface area contributed by atoms with Gasteiger partial charge >= 0.3 is 6.03 Å². The van der Waals surface area contributed by atoms with Crippen molar-refractivity contribution in [3.8, 4) is 5.75 Å². The van der Waals surface area contributed by atoms with Gasteiger partial charge in [0.1, 0.15) is 11.9 Å². The van der Waals surface area contributed by atoms with Crippen molar-refractivity contribution < 1.29 is 19.1 Å². The van der Waals surface area contributed by atoms with Crippen LogP contribution in [0.4, 0.5) is 16.2 Å². The number of nitrogens with one attached hydrogen (secondary N) is 2. The normalized spacial score (nSPS) is 19.6. The van der Waals surface area contributed by atoms with Crippen LogP contribution in [0.3, 0.4) is 0 Å². The maximum absolute atomic E-state index is 12.1. The van der Waals surface area contributed by atoms with Gasteiger partial charge in [-0.15, -0.1) is 12.4 Å². The van der Waals surface area contributed by atoms with Crippen LogP contribution >= 0.6 is 12.4 Å². The fourth-order valence-corrected chi connectivity index (χ4v) is 2.30. The molecule has 0 aromatic heterocycles. The fourth-order valence-electron chi connectivity index (χ4n) is 2.30. The topological polar surface area (TPSA) is 129 Å². The molecule has 0 aliphatic carbocycles. The van der Waals surface area contributed by atoms with Crippen LogP contribution in [0.15, 0.2) is 18.2 Å². The molecule has 0 unspecified atom stereocenters. The van der Waals surface area contributed by atoms with Crippen LogP contribution in [0.1, 0.15) is 12.8 Å². The van der Waals surface area contributed by atoms with Gasteiger partial charge in [-0.3, -0.25) is 4.79 Å². The van der Waals surface area contributed by atoms with E-state index in [-0.39, 0.29) is 24.4 Å². The summed E-state index contributed by atoms with van der Waals surface area (Å²) >= 11 is 0. The van der Waals surface area contributed by atoms with Gasteiger partial charge in [-0.2, -0.15) is 0 Å². The summed E-state index contributed by atoms with van der Waals surface area (Å²) in [5.41, 5.74) is 11.6. The van der Waals surface area contributed by atoms with Crippen molar-refractivity contribution in [3.63, 3.8) is 0 Å². The summed E-state index contributed by atoms with van der Waals surface area (Å²) in [5.74, 6) is 0.164. The zero-order valence-corrected chi connectivity index (χ0v) is 13.5. The van der Waals surface area contributed by atoms with E-state index in [2.05, 4.69) is 10.6 Å². The number of amides is 3. The van der Waals surface area contributed by atoms with Crippen molar-refractivity contribution in [2.45, 2.75) is 25.0 Å². The summed E-state index contributed by atoms with van der Waals surface area (Å²) in [5, 5.41) is 5.19. The molecule has 9 heteroatoms. The molecule has 23 heavy (non-hydrogen) atoms. The van der Waals surface area contributed by atoms with E-state index < -0.39 is 12.1 Å². The second kappa shape index (κ2) is 8.56. The van der Waals surface area contributed by atoms with Crippen LogP contribution in [0.2, 0.25) is 0 Å². The first-order chi connectivity index (χ1) is 10.5. The molecule has 2 rings (SSSR count). The van der Waals surface area contributed by atoms with Gasteiger partial charge in [-0.05, 0) is 25.0 Å². The second-order valence-corrected chi connectivity index (χ2v) is 4.95. The molecule has 1 saturated heterocycles. The standard InChI is InChI=1S/C14H20N4O4.ClH/c1-21-12-6-8(2-4-10(12)18-14(16)20)17-13(19)11-5-3-9(7-15)22-11;/h2,4,6,9,11H,3,5,7,15H2,1H3,(H,17,19)(H3,16,18,20);1H/t9-,11+;/m1./s1. The van der Waals surface area contributed by atoms with Crippen molar-refractivity contribution in [1.29, 1.82) is 0 Å². The average Bonchev–Trinajstić information content (AvgIpc) is 2.97. The first-order valence-electron chi connectivity index (χ1n) is 6.94. The van der Waals surface area contributed by atoms with E-state index >= 15 is 0 Å². The summed E-state index contributed by atoms with van der Waals surface area (Å²) in [6.45, 7) is 0.408. The summed E-state index contributed by atoms with van der Waals surface area (Å²) < 4.78 is 10.7. The Balaban J connectivity index is 0.00000264. The van der Waals surface area contributed by atoms with Gasteiger partial charge < -0.3 is 31.6 Å². The van der Waals surface area contributed by atoms with Crippen LogP contribution in [0.5, 0.6) is 5.75 Å². The number of nitrogens with two attached hydrogens (primary N) is 2. The Morgan fingerprint density at radius 1 is 1.35 bits per heavy atom. The average molecular weight is 345 g/mol. The molecule has 0 bridgehead atoms. The molecule has 8 nitrogen and oxygen atoms in total. The van der Waals surface area contributed by atoms with Gasteiger partial charge in [0.15, 0.2) is 0 Å². The summed E-state index contributed by atoms with van der Waals surface area (Å²) in [6, 6.07) is 4.14. The number of anilines is 2. The number of benzene rings is 1. The quantitative estimate of drug-likeness (QED) is 0.634. The molecule has 6 N–H and O–H groups in total. The molecular formula is C14H21ClN4O4. The van der Waals surface area contributed by atoms with Gasteiger partial charge in [0, 0.05) is 18.3 Å². The summed E-state index contributed by atoms with van der Waals surface area (Å²) in [6.07, 6.45) is 0.862. The van der Waals surface area contributed by atoms with Crippen LogP contribution in [0.25, 0.3) is 0 Å². The predicted molar refractivity (Wildman–Crippen MR) is 89.0 cm³/mol. The molecule has 1 fully saturated rings. The minimum absolute atomic E-state index is 0. The number of rotatable bonds is 5. The SMILES string of the molecule is COc1cc(NC(=O)[C@@H]2CC[C@H](CN)O2)ccc1NC(N)=O.Cl. The molecule has 128 valence electrons. The highest BCUT2D eigenvalue weighted by Crippen LogP contribution is 2.28. The Morgan fingerprint density at radius 2 is 2.09 bits per heavy atom. The minimum Gasteiger partial charge on any atom is -0.494 e. The van der Waals surface area contributed by atoms with Crippen molar-refractivity contribution >= 4 is 35.7 Å². The molecule has 1 aliphatic rings. The maximum Gasteiger partial charge on any atom is 0.316 e. The molecule has 0 radical (unpaired) electrons. The number of primary amides is 1. The zero-order chi connectivity index (χ0) is 16.1. The third kappa shape index (κ3) is 4.98. The number of halogens is 1. The highest BCUT2D eigenvalue weighted by atomic mass is 35.5. The lowest BCUT2D eigenvalue weighted by atomic mass is 10.2. The van der Waals surface area contributed by atoms with Crippen molar-refractivity contribution in [2.24, 2.45) is 11.5 Å². The van der Waals surface area contributed by atoms with Crippen molar-refractivity contribution in [2.75, 3.05) is 24.3 Å². The molecule has 0 saturated carbocycles. The zero-order valence-electron chi connectivity index (χ0n) is 12.7. The number of carbonyl (C=O) groups is 2. The fraction of sp³-hybridized carbons (Fsp3) is 0.429. The summed E-state index contributed by atoms with van der Waals surface area (Å²) in [4.78, 5) is 23.0. The van der Waals surface area contributed by atoms with E-state index in [1.165, 1.54) is 7.11 Å². The number of methoxy groups -OCH3 is 1. The lowest BCUT2D eigenvalue weighted by Gasteiger charge is -2.14. The smallest absolute Gasteiger partial charge is 0.316 e. The van der Waals surface area contributed by atoms with Gasteiger partial charge in [-0.25, -0.2) is 4.79 Å². The Morgan fingerprint density at radius 3 is 2.65 bits per heavy atom. The lowest BCUT2D eigenvalue weighted by molar-refractivity contribution is -0.126. The molecule has 1 aromatic rings. The first-order valence-corrected chi connectivity index (χ1v) is 6.94. The number of hydrogen-bond acceptors (Lipinski definition) is 5. The van der Waals surface area contributed by atoms with E-state index in [0.29, 0.717) is 30.1 Å². The first kappa shape index (κ1) is 19.0. The van der Waals surface area contributed by atoms with Gasteiger partial charge in [0.25, 0.3) is 5.91 Å². The molecule has 3 amide bonds. The van der Waals surface area contributed by atoms with Crippen LogP contribution in [-0.2, 0) is 9.53 Å². The van der Waals surface area contributed by atoms with E-state index in [0.717, 1.165) is 6.42 Å². The highest BCUT2D eigenvalue weighted by Gasteiger charge is 2.29. The predicted octanol–water partition coefficient (Wildman–Crippen LogP) is 1.05. The molecule has 1 heterocycles. The second-order valence-electron chi connectivity index (χ2n) is 4.95. The van der Waals surface area contributed by atoms with Gasteiger partial charge in [0.05, 0.1) is 18.9 Å². The van der Waals surface area contributed by atoms with E-state index in [1.807, 2.05) is 0 Å². The molecule has 0 spiro atoms. The Kier molecular flexibility index (Phi) is 7.08. The number of carbonyl (C=O) groups excluding carboxylic acids is 2. The van der Waals surface area contributed by atoms with Crippen molar-refractivity contribution in [1.82, 2.24) is 0 Å². The molecule has 1 aliphatic heterocycles. The van der Waals surface area contributed by atoms with Crippen LogP contribution in [-0.4, -0.2) is 37.8 Å². The highest BCUT2D eigenvalue weighted by molar-refractivity contribution is 5.95. The third-order valence-electron chi connectivity index (χ3n) is 3.39. The number of hydrogen-bond donors (Lipinski definition) is 4. The van der Waals surface area contributed by atoms with E-state index in [1.54, 1.807) is 18.2 Å².